The fourth-order valence-electron chi connectivity index (χ4n) is 2.74. The molecule has 0 heterocycles. The zero-order valence-electron chi connectivity index (χ0n) is 15.6. The minimum Gasteiger partial charge on any atom is -0.375 e. The second-order valence-electron chi connectivity index (χ2n) is 6.01. The van der Waals surface area contributed by atoms with Crippen LogP contribution in [0.1, 0.15) is 18.1 Å². The molecule has 27 heavy (non-hydrogen) atoms. The first kappa shape index (κ1) is 20.7. The Hall–Kier alpha value is -2.57. The minimum atomic E-state index is -0.399. The first-order chi connectivity index (χ1) is 13.0. The van der Waals surface area contributed by atoms with Gasteiger partial charge in [-0.1, -0.05) is 54.1 Å². The number of nitrogens with two attached hydrogens (primary N) is 1. The van der Waals surface area contributed by atoms with Crippen molar-refractivity contribution in [1.29, 1.82) is 5.41 Å². The van der Waals surface area contributed by atoms with Crippen LogP contribution in [-0.4, -0.2) is 36.6 Å². The van der Waals surface area contributed by atoms with E-state index in [1.165, 1.54) is 9.80 Å². The first-order valence-corrected chi connectivity index (χ1v) is 9.13. The van der Waals surface area contributed by atoms with Crippen LogP contribution in [0, 0.1) is 12.3 Å². The van der Waals surface area contributed by atoms with E-state index in [1.807, 2.05) is 56.3 Å². The number of anilines is 1. The van der Waals surface area contributed by atoms with Crippen molar-refractivity contribution >= 4 is 29.3 Å². The molecule has 0 aliphatic heterocycles. The van der Waals surface area contributed by atoms with E-state index in [9.17, 15) is 4.79 Å². The van der Waals surface area contributed by atoms with Crippen molar-refractivity contribution in [3.8, 4) is 0 Å². The van der Waals surface area contributed by atoms with Gasteiger partial charge in [0, 0.05) is 6.54 Å². The molecule has 0 bridgehead atoms. The molecule has 0 radical (unpaired) electrons. The van der Waals surface area contributed by atoms with Crippen LogP contribution in [0.25, 0.3) is 0 Å². The first-order valence-electron chi connectivity index (χ1n) is 8.75. The summed E-state index contributed by atoms with van der Waals surface area (Å²) in [6.07, 6.45) is 0. The summed E-state index contributed by atoms with van der Waals surface area (Å²) in [5.74, 6) is -0.327. The Morgan fingerprint density at radius 1 is 1.19 bits per heavy atom. The highest BCUT2D eigenvalue weighted by Crippen LogP contribution is 2.30. The monoisotopic (exact) mass is 388 g/mol. The topological polar surface area (TPSA) is 82.7 Å². The zero-order chi connectivity index (χ0) is 19.8. The van der Waals surface area contributed by atoms with Gasteiger partial charge in [0.25, 0.3) is 0 Å². The number of carbonyl (C=O) groups excluding carboxylic acids is 1. The van der Waals surface area contributed by atoms with Crippen LogP contribution < -0.4 is 10.6 Å². The van der Waals surface area contributed by atoms with E-state index in [0.717, 1.165) is 11.1 Å². The number of nitrogens with one attached hydrogen (secondary N) is 1. The summed E-state index contributed by atoms with van der Waals surface area (Å²) in [7, 11) is 0. The Morgan fingerprint density at radius 3 is 2.48 bits per heavy atom. The normalized spacial score (nSPS) is 10.5. The van der Waals surface area contributed by atoms with Gasteiger partial charge in [0.1, 0.15) is 0 Å². The van der Waals surface area contributed by atoms with Crippen molar-refractivity contribution in [2.45, 2.75) is 20.5 Å². The third kappa shape index (κ3) is 5.45. The summed E-state index contributed by atoms with van der Waals surface area (Å²) in [4.78, 5) is 15.7. The number of halogens is 1. The third-order valence-electron chi connectivity index (χ3n) is 4.10. The summed E-state index contributed by atoms with van der Waals surface area (Å²) in [6.45, 7) is 5.02. The number of rotatable bonds is 7. The maximum Gasteiger partial charge on any atom is 0.331 e. The van der Waals surface area contributed by atoms with Gasteiger partial charge in [0.15, 0.2) is 5.96 Å². The van der Waals surface area contributed by atoms with Crippen molar-refractivity contribution in [2.24, 2.45) is 5.73 Å². The number of hydrogen-bond acceptors (Lipinski definition) is 3. The fraction of sp³-hybridized carbons (Fsp3) is 0.300. The standard InChI is InChI=1S/C20H25ClN4O2/c1-3-24(18-15(2)8-7-11-17(18)21)20(26)25(19(22)23)12-13-27-14-16-9-5-4-6-10-16/h4-11H,3,12-14H2,1-2H3,(H3,22,23). The highest BCUT2D eigenvalue weighted by atomic mass is 35.5. The minimum absolute atomic E-state index is 0.182. The van der Waals surface area contributed by atoms with Crippen LogP contribution in [0.15, 0.2) is 48.5 Å². The lowest BCUT2D eigenvalue weighted by atomic mass is 10.2. The van der Waals surface area contributed by atoms with Crippen molar-refractivity contribution in [2.75, 3.05) is 24.6 Å². The molecular weight excluding hydrogens is 364 g/mol. The molecule has 0 fully saturated rings. The molecular formula is C20H25ClN4O2. The van der Waals surface area contributed by atoms with Gasteiger partial charge in [-0.2, -0.15) is 0 Å². The molecule has 0 saturated carbocycles. The van der Waals surface area contributed by atoms with Gasteiger partial charge >= 0.3 is 6.03 Å². The van der Waals surface area contributed by atoms with Crippen LogP contribution in [0.5, 0.6) is 0 Å². The summed E-state index contributed by atoms with van der Waals surface area (Å²) >= 11 is 6.30. The lowest BCUT2D eigenvalue weighted by Gasteiger charge is -2.30. The average Bonchev–Trinajstić information content (AvgIpc) is 2.65. The molecule has 2 aromatic carbocycles. The Labute approximate surface area is 165 Å². The van der Waals surface area contributed by atoms with Gasteiger partial charge in [0.05, 0.1) is 30.5 Å². The van der Waals surface area contributed by atoms with Gasteiger partial charge < -0.3 is 10.5 Å². The van der Waals surface area contributed by atoms with Gasteiger partial charge in [-0.05, 0) is 31.0 Å². The van der Waals surface area contributed by atoms with Crippen LogP contribution in [0.2, 0.25) is 5.02 Å². The molecule has 2 amide bonds. The average molecular weight is 389 g/mol. The quantitative estimate of drug-likeness (QED) is 0.427. The Morgan fingerprint density at radius 2 is 1.89 bits per heavy atom. The van der Waals surface area contributed by atoms with Crippen molar-refractivity contribution < 1.29 is 9.53 Å². The largest absolute Gasteiger partial charge is 0.375 e. The van der Waals surface area contributed by atoms with Crippen molar-refractivity contribution in [3.05, 3.63) is 64.7 Å². The summed E-state index contributed by atoms with van der Waals surface area (Å²) < 4.78 is 5.63. The maximum absolute atomic E-state index is 13.0. The van der Waals surface area contributed by atoms with Crippen LogP contribution in [-0.2, 0) is 11.3 Å². The van der Waals surface area contributed by atoms with E-state index >= 15 is 0 Å². The van der Waals surface area contributed by atoms with Gasteiger partial charge in [-0.25, -0.2) is 4.79 Å². The Bertz CT molecular complexity index is 763. The number of aryl methyl sites for hydroxylation is 1. The number of ether oxygens (including phenoxy) is 1. The van der Waals surface area contributed by atoms with Gasteiger partial charge in [0.2, 0.25) is 0 Å². The SMILES string of the molecule is CCN(C(=O)N(CCOCc1ccccc1)C(=N)N)c1c(C)cccc1Cl. The van der Waals surface area contributed by atoms with E-state index in [1.54, 1.807) is 6.07 Å². The molecule has 0 aromatic heterocycles. The van der Waals surface area contributed by atoms with E-state index in [0.29, 0.717) is 23.9 Å². The molecule has 0 saturated heterocycles. The molecule has 0 spiro atoms. The zero-order valence-corrected chi connectivity index (χ0v) is 16.4. The number of urea groups is 1. The van der Waals surface area contributed by atoms with Gasteiger partial charge in [-0.15, -0.1) is 0 Å². The van der Waals surface area contributed by atoms with Crippen LogP contribution >= 0.6 is 11.6 Å². The molecule has 2 aromatic rings. The number of hydrogen-bond donors (Lipinski definition) is 2. The van der Waals surface area contributed by atoms with E-state index in [2.05, 4.69) is 0 Å². The lowest BCUT2D eigenvalue weighted by Crippen LogP contribution is -2.50. The molecule has 0 aliphatic carbocycles. The Kier molecular flexibility index (Phi) is 7.64. The molecule has 0 unspecified atom stereocenters. The fourth-order valence-corrected chi connectivity index (χ4v) is 3.06. The highest BCUT2D eigenvalue weighted by Gasteiger charge is 2.25. The van der Waals surface area contributed by atoms with E-state index in [4.69, 9.17) is 27.5 Å². The molecule has 6 nitrogen and oxygen atoms in total. The van der Waals surface area contributed by atoms with E-state index in [-0.39, 0.29) is 19.1 Å². The second kappa shape index (κ2) is 9.94. The molecule has 7 heteroatoms. The van der Waals surface area contributed by atoms with E-state index < -0.39 is 6.03 Å². The third-order valence-corrected chi connectivity index (χ3v) is 4.40. The smallest absolute Gasteiger partial charge is 0.331 e. The predicted octanol–water partition coefficient (Wildman–Crippen LogP) is 4.01. The van der Waals surface area contributed by atoms with Crippen LogP contribution in [0.4, 0.5) is 10.5 Å². The summed E-state index contributed by atoms with van der Waals surface area (Å²) in [5.41, 5.74) is 8.20. The summed E-state index contributed by atoms with van der Waals surface area (Å²) in [5, 5.41) is 8.27. The van der Waals surface area contributed by atoms with Crippen LogP contribution in [0.3, 0.4) is 0 Å². The lowest BCUT2D eigenvalue weighted by molar-refractivity contribution is 0.111. The second-order valence-corrected chi connectivity index (χ2v) is 6.41. The molecule has 2 rings (SSSR count). The molecule has 3 N–H and O–H groups in total. The number of para-hydroxylation sites is 1. The predicted molar refractivity (Wildman–Crippen MR) is 109 cm³/mol. The highest BCUT2D eigenvalue weighted by molar-refractivity contribution is 6.34. The number of guanidine groups is 1. The molecule has 144 valence electrons. The van der Waals surface area contributed by atoms with Crippen molar-refractivity contribution in [3.63, 3.8) is 0 Å². The number of amides is 2. The molecule has 0 aliphatic rings. The number of benzene rings is 2. The Balaban J connectivity index is 2.05. The summed E-state index contributed by atoms with van der Waals surface area (Å²) in [6, 6.07) is 14.8. The number of nitrogens with zero attached hydrogens (tertiary/aromatic N) is 2. The maximum atomic E-state index is 13.0. The number of carbonyl (C=O) groups is 1. The van der Waals surface area contributed by atoms with Gasteiger partial charge in [-0.3, -0.25) is 15.2 Å². The van der Waals surface area contributed by atoms with Crippen molar-refractivity contribution in [1.82, 2.24) is 4.90 Å². The molecule has 0 atom stereocenters.